The van der Waals surface area contributed by atoms with Crippen molar-refractivity contribution < 1.29 is 4.79 Å². The number of aromatic nitrogens is 2. The number of carbonyl (C=O) groups is 1. The van der Waals surface area contributed by atoms with Crippen LogP contribution in [-0.4, -0.2) is 45.8 Å². The van der Waals surface area contributed by atoms with Crippen molar-refractivity contribution in [1.82, 2.24) is 20.0 Å². The normalized spacial score (nSPS) is 29.6. The molecule has 0 aliphatic carbocycles. The summed E-state index contributed by atoms with van der Waals surface area (Å²) in [6.07, 6.45) is 6.27. The predicted octanol–water partition coefficient (Wildman–Crippen LogP) is 1.91. The van der Waals surface area contributed by atoms with Crippen molar-refractivity contribution in [2.75, 3.05) is 7.05 Å². The highest BCUT2D eigenvalue weighted by molar-refractivity contribution is 6.33. The minimum absolute atomic E-state index is 0.142. The molecule has 1 aromatic heterocycles. The summed E-state index contributed by atoms with van der Waals surface area (Å²) >= 11 is 6.08. The Kier molecular flexibility index (Phi) is 3.73. The fourth-order valence-corrected chi connectivity index (χ4v) is 3.73. The molecule has 6 heteroatoms. The summed E-state index contributed by atoms with van der Waals surface area (Å²) in [4.78, 5) is 14.8. The molecule has 3 rings (SSSR count). The Balaban J connectivity index is 1.66. The smallest absolute Gasteiger partial charge is 0.273 e. The average Bonchev–Trinajstić information content (AvgIpc) is 2.87. The molecule has 2 atom stereocenters. The number of carbonyl (C=O) groups excluding carboxylic acids is 1. The minimum atomic E-state index is -0.142. The van der Waals surface area contributed by atoms with Gasteiger partial charge < -0.3 is 10.2 Å². The van der Waals surface area contributed by atoms with E-state index >= 15 is 0 Å². The van der Waals surface area contributed by atoms with Crippen LogP contribution in [0.2, 0.25) is 5.02 Å². The summed E-state index contributed by atoms with van der Waals surface area (Å²) in [6, 6.07) is 1.48. The van der Waals surface area contributed by atoms with E-state index < -0.39 is 0 Å². The van der Waals surface area contributed by atoms with E-state index in [0.29, 0.717) is 29.3 Å². The topological polar surface area (TPSA) is 50.2 Å². The minimum Gasteiger partial charge on any atom is -0.348 e. The molecule has 1 amide bonds. The van der Waals surface area contributed by atoms with Crippen LogP contribution in [0.15, 0.2) is 6.20 Å². The monoisotopic (exact) mass is 296 g/mol. The highest BCUT2D eigenvalue weighted by atomic mass is 35.5. The molecule has 0 saturated carbocycles. The van der Waals surface area contributed by atoms with Crippen molar-refractivity contribution in [3.05, 3.63) is 16.9 Å². The van der Waals surface area contributed by atoms with Crippen LogP contribution in [0.3, 0.4) is 0 Å². The first-order chi connectivity index (χ1) is 9.58. The summed E-state index contributed by atoms with van der Waals surface area (Å²) < 4.78 is 1.69. The van der Waals surface area contributed by atoms with E-state index in [-0.39, 0.29) is 11.9 Å². The third-order valence-electron chi connectivity index (χ3n) is 4.69. The van der Waals surface area contributed by atoms with Crippen LogP contribution in [0, 0.1) is 0 Å². The van der Waals surface area contributed by atoms with E-state index in [1.54, 1.807) is 10.9 Å². The fourth-order valence-electron chi connectivity index (χ4n) is 3.50. The zero-order chi connectivity index (χ0) is 14.3. The summed E-state index contributed by atoms with van der Waals surface area (Å²) in [5, 5.41) is 7.76. The molecular weight excluding hydrogens is 276 g/mol. The second kappa shape index (κ2) is 5.37. The number of halogens is 1. The average molecular weight is 297 g/mol. The molecule has 110 valence electrons. The van der Waals surface area contributed by atoms with Crippen molar-refractivity contribution >= 4 is 17.5 Å². The van der Waals surface area contributed by atoms with Gasteiger partial charge in [-0.05, 0) is 39.7 Å². The number of rotatable bonds is 3. The number of nitrogens with one attached hydrogen (secondary N) is 1. The van der Waals surface area contributed by atoms with Crippen molar-refractivity contribution in [1.29, 1.82) is 0 Å². The molecule has 3 heterocycles. The molecule has 2 bridgehead atoms. The van der Waals surface area contributed by atoms with Crippen LogP contribution in [0.4, 0.5) is 0 Å². The van der Waals surface area contributed by atoms with E-state index in [1.807, 2.05) is 6.92 Å². The Morgan fingerprint density at radius 3 is 2.65 bits per heavy atom. The van der Waals surface area contributed by atoms with Gasteiger partial charge in [0.1, 0.15) is 0 Å². The molecule has 2 unspecified atom stereocenters. The maximum Gasteiger partial charge on any atom is 0.273 e. The molecule has 2 aliphatic heterocycles. The molecule has 2 aliphatic rings. The molecule has 0 radical (unpaired) electrons. The van der Waals surface area contributed by atoms with E-state index in [1.165, 1.54) is 12.8 Å². The Hall–Kier alpha value is -1.07. The van der Waals surface area contributed by atoms with Crippen molar-refractivity contribution in [2.45, 2.75) is 57.3 Å². The quantitative estimate of drug-likeness (QED) is 0.927. The summed E-state index contributed by atoms with van der Waals surface area (Å²) in [5.74, 6) is -0.142. The van der Waals surface area contributed by atoms with Gasteiger partial charge in [-0.1, -0.05) is 11.6 Å². The molecule has 1 N–H and O–H groups in total. The number of nitrogens with zero attached hydrogens (tertiary/aromatic N) is 3. The van der Waals surface area contributed by atoms with Crippen molar-refractivity contribution in [2.24, 2.45) is 0 Å². The zero-order valence-electron chi connectivity index (χ0n) is 12.0. The van der Waals surface area contributed by atoms with Gasteiger partial charge in [0.25, 0.3) is 5.91 Å². The maximum atomic E-state index is 12.3. The number of hydrogen-bond donors (Lipinski definition) is 1. The first-order valence-electron chi connectivity index (χ1n) is 7.34. The van der Waals surface area contributed by atoms with E-state index in [4.69, 9.17) is 11.6 Å². The first kappa shape index (κ1) is 13.9. The van der Waals surface area contributed by atoms with Gasteiger partial charge in [-0.15, -0.1) is 0 Å². The molecule has 0 aromatic carbocycles. The molecule has 0 spiro atoms. The number of aryl methyl sites for hydroxylation is 1. The predicted molar refractivity (Wildman–Crippen MR) is 78.0 cm³/mol. The lowest BCUT2D eigenvalue weighted by Crippen LogP contribution is -2.48. The van der Waals surface area contributed by atoms with Gasteiger partial charge in [-0.25, -0.2) is 0 Å². The lowest BCUT2D eigenvalue weighted by Gasteiger charge is -2.36. The number of fused-ring (bicyclic) bond motifs is 2. The summed E-state index contributed by atoms with van der Waals surface area (Å²) in [5.41, 5.74) is 0.347. The van der Waals surface area contributed by atoms with E-state index in [9.17, 15) is 4.79 Å². The highest BCUT2D eigenvalue weighted by Crippen LogP contribution is 2.34. The number of piperidine rings is 1. The largest absolute Gasteiger partial charge is 0.348 e. The Morgan fingerprint density at radius 1 is 1.45 bits per heavy atom. The standard InChI is InChI=1S/C14H21ClN4O/c1-3-19-8-12(15)13(17-19)14(20)16-9-6-10-4-5-11(7-9)18(10)2/h8-11H,3-7H2,1-2H3,(H,16,20). The lowest BCUT2D eigenvalue weighted by atomic mass is 9.98. The van der Waals surface area contributed by atoms with Crippen LogP contribution < -0.4 is 5.32 Å². The van der Waals surface area contributed by atoms with Gasteiger partial charge in [-0.2, -0.15) is 5.10 Å². The van der Waals surface area contributed by atoms with Gasteiger partial charge in [0.2, 0.25) is 0 Å². The highest BCUT2D eigenvalue weighted by Gasteiger charge is 2.39. The van der Waals surface area contributed by atoms with Gasteiger partial charge in [0.15, 0.2) is 5.69 Å². The number of hydrogen-bond acceptors (Lipinski definition) is 3. The second-order valence-corrected chi connectivity index (χ2v) is 6.28. The van der Waals surface area contributed by atoms with Crippen molar-refractivity contribution in [3.8, 4) is 0 Å². The Morgan fingerprint density at radius 2 is 2.10 bits per heavy atom. The van der Waals surface area contributed by atoms with Crippen LogP contribution in [0.5, 0.6) is 0 Å². The molecule has 2 fully saturated rings. The summed E-state index contributed by atoms with van der Waals surface area (Å²) in [7, 11) is 2.19. The van der Waals surface area contributed by atoms with Crippen LogP contribution in [-0.2, 0) is 6.54 Å². The lowest BCUT2D eigenvalue weighted by molar-refractivity contribution is 0.0877. The first-order valence-corrected chi connectivity index (χ1v) is 7.72. The van der Waals surface area contributed by atoms with Gasteiger partial charge in [0, 0.05) is 30.9 Å². The third-order valence-corrected chi connectivity index (χ3v) is 4.97. The van der Waals surface area contributed by atoms with Gasteiger partial charge in [-0.3, -0.25) is 9.48 Å². The molecule has 5 nitrogen and oxygen atoms in total. The van der Waals surface area contributed by atoms with Gasteiger partial charge >= 0.3 is 0 Å². The molecule has 2 saturated heterocycles. The third kappa shape index (κ3) is 2.44. The molecule has 1 aromatic rings. The molecular formula is C14H21ClN4O. The van der Waals surface area contributed by atoms with Crippen LogP contribution in [0.25, 0.3) is 0 Å². The zero-order valence-corrected chi connectivity index (χ0v) is 12.7. The van der Waals surface area contributed by atoms with Crippen LogP contribution in [0.1, 0.15) is 43.1 Å². The Bertz CT molecular complexity index is 501. The Labute approximate surface area is 124 Å². The molecule has 20 heavy (non-hydrogen) atoms. The van der Waals surface area contributed by atoms with Crippen molar-refractivity contribution in [3.63, 3.8) is 0 Å². The van der Waals surface area contributed by atoms with Gasteiger partial charge in [0.05, 0.1) is 5.02 Å². The number of amides is 1. The van der Waals surface area contributed by atoms with E-state index in [2.05, 4.69) is 22.4 Å². The maximum absolute atomic E-state index is 12.3. The second-order valence-electron chi connectivity index (χ2n) is 5.87. The SMILES string of the molecule is CCn1cc(Cl)c(C(=O)NC2CC3CCC(C2)N3C)n1. The summed E-state index contributed by atoms with van der Waals surface area (Å²) in [6.45, 7) is 2.69. The fraction of sp³-hybridized carbons (Fsp3) is 0.714. The van der Waals surface area contributed by atoms with E-state index in [0.717, 1.165) is 12.8 Å². The van der Waals surface area contributed by atoms with Crippen LogP contribution >= 0.6 is 11.6 Å².